The molecule has 0 saturated heterocycles. The number of hydrogen-bond donors (Lipinski definition) is 0. The van der Waals surface area contributed by atoms with E-state index in [-0.39, 0.29) is 0 Å². The van der Waals surface area contributed by atoms with Crippen LogP contribution in [0.1, 0.15) is 46.0 Å². The molecular formula is C11H20O3. The Morgan fingerprint density at radius 2 is 2.00 bits per heavy atom. The highest BCUT2D eigenvalue weighted by Gasteiger charge is 1.96. The van der Waals surface area contributed by atoms with Crippen LogP contribution in [0.2, 0.25) is 0 Å². The van der Waals surface area contributed by atoms with E-state index in [1.807, 2.05) is 6.08 Å². The van der Waals surface area contributed by atoms with Gasteiger partial charge < -0.3 is 9.47 Å². The van der Waals surface area contributed by atoms with E-state index in [9.17, 15) is 4.79 Å². The minimum Gasteiger partial charge on any atom is -0.434 e. The van der Waals surface area contributed by atoms with E-state index in [0.29, 0.717) is 6.61 Å². The number of allylic oxidation sites excluding steroid dienone is 1. The Hall–Kier alpha value is -0.990. The third kappa shape index (κ3) is 9.10. The predicted octanol–water partition coefficient (Wildman–Crippen LogP) is 3.64. The predicted molar refractivity (Wildman–Crippen MR) is 56.0 cm³/mol. The Morgan fingerprint density at radius 3 is 2.64 bits per heavy atom. The molecule has 0 aromatic heterocycles. The second-order valence-corrected chi connectivity index (χ2v) is 3.02. The zero-order chi connectivity index (χ0) is 10.6. The van der Waals surface area contributed by atoms with Crippen molar-refractivity contribution in [3.05, 3.63) is 12.3 Å². The van der Waals surface area contributed by atoms with Crippen LogP contribution in [0.15, 0.2) is 12.3 Å². The highest BCUT2D eigenvalue weighted by atomic mass is 16.7. The van der Waals surface area contributed by atoms with Gasteiger partial charge in [-0.25, -0.2) is 4.79 Å². The molecule has 0 unspecified atom stereocenters. The molecule has 0 fully saturated rings. The van der Waals surface area contributed by atoms with Crippen LogP contribution in [0.25, 0.3) is 0 Å². The van der Waals surface area contributed by atoms with Gasteiger partial charge in [-0.1, -0.05) is 26.2 Å². The van der Waals surface area contributed by atoms with Crippen molar-refractivity contribution >= 4 is 6.16 Å². The van der Waals surface area contributed by atoms with E-state index in [2.05, 4.69) is 16.4 Å². The van der Waals surface area contributed by atoms with Gasteiger partial charge in [0.1, 0.15) is 0 Å². The summed E-state index contributed by atoms with van der Waals surface area (Å²) in [7, 11) is 0. The van der Waals surface area contributed by atoms with Crippen molar-refractivity contribution in [3.8, 4) is 0 Å². The minimum atomic E-state index is -0.627. The lowest BCUT2D eigenvalue weighted by molar-refractivity contribution is 0.0892. The zero-order valence-electron chi connectivity index (χ0n) is 9.12. The number of unbranched alkanes of at least 4 members (excludes halogenated alkanes) is 4. The lowest BCUT2D eigenvalue weighted by Crippen LogP contribution is -2.02. The van der Waals surface area contributed by atoms with Crippen molar-refractivity contribution in [3.63, 3.8) is 0 Å². The van der Waals surface area contributed by atoms with Crippen LogP contribution in [-0.2, 0) is 9.47 Å². The molecule has 0 rings (SSSR count). The molecule has 14 heavy (non-hydrogen) atoms. The Bertz CT molecular complexity index is 164. The molecule has 3 heteroatoms. The molecule has 0 aliphatic rings. The van der Waals surface area contributed by atoms with Gasteiger partial charge in [0, 0.05) is 0 Å². The molecule has 0 aliphatic carbocycles. The van der Waals surface area contributed by atoms with Crippen LogP contribution >= 0.6 is 0 Å². The number of hydrogen-bond acceptors (Lipinski definition) is 3. The van der Waals surface area contributed by atoms with E-state index >= 15 is 0 Å². The van der Waals surface area contributed by atoms with E-state index in [4.69, 9.17) is 0 Å². The topological polar surface area (TPSA) is 35.5 Å². The Kier molecular flexibility index (Phi) is 9.38. The Morgan fingerprint density at radius 1 is 1.21 bits per heavy atom. The average Bonchev–Trinajstić information content (AvgIpc) is 2.17. The fourth-order valence-corrected chi connectivity index (χ4v) is 1.01. The SMILES string of the molecule is CCCCCCC=COC(=O)OCC. The summed E-state index contributed by atoms with van der Waals surface area (Å²) in [6.07, 6.45) is 8.49. The van der Waals surface area contributed by atoms with E-state index in [0.717, 1.165) is 12.8 Å². The fourth-order valence-electron chi connectivity index (χ4n) is 1.01. The molecule has 0 saturated carbocycles. The number of carbonyl (C=O) groups excluding carboxylic acids is 1. The van der Waals surface area contributed by atoms with Crippen molar-refractivity contribution < 1.29 is 14.3 Å². The molecule has 0 heterocycles. The van der Waals surface area contributed by atoms with Gasteiger partial charge >= 0.3 is 6.16 Å². The van der Waals surface area contributed by atoms with Gasteiger partial charge in [-0.3, -0.25) is 0 Å². The summed E-state index contributed by atoms with van der Waals surface area (Å²) >= 11 is 0. The highest BCUT2D eigenvalue weighted by Crippen LogP contribution is 2.02. The normalized spacial score (nSPS) is 10.4. The number of carbonyl (C=O) groups is 1. The first-order chi connectivity index (χ1) is 6.81. The fraction of sp³-hybridized carbons (Fsp3) is 0.727. The summed E-state index contributed by atoms with van der Waals surface area (Å²) in [5.41, 5.74) is 0. The largest absolute Gasteiger partial charge is 0.513 e. The summed E-state index contributed by atoms with van der Waals surface area (Å²) < 4.78 is 9.22. The summed E-state index contributed by atoms with van der Waals surface area (Å²) in [5.74, 6) is 0. The molecule has 0 amide bonds. The standard InChI is InChI=1S/C11H20O3/c1-3-5-6-7-8-9-10-14-11(12)13-4-2/h9-10H,3-8H2,1-2H3. The molecular weight excluding hydrogens is 180 g/mol. The third-order valence-electron chi connectivity index (χ3n) is 1.75. The number of rotatable bonds is 7. The van der Waals surface area contributed by atoms with Crippen LogP contribution < -0.4 is 0 Å². The van der Waals surface area contributed by atoms with Crippen molar-refractivity contribution in [2.24, 2.45) is 0 Å². The maximum atomic E-state index is 10.7. The minimum absolute atomic E-state index is 0.350. The van der Waals surface area contributed by atoms with Crippen LogP contribution in [0.3, 0.4) is 0 Å². The molecule has 3 nitrogen and oxygen atoms in total. The van der Waals surface area contributed by atoms with Crippen molar-refractivity contribution in [2.45, 2.75) is 46.0 Å². The summed E-state index contributed by atoms with van der Waals surface area (Å²) in [5, 5.41) is 0. The summed E-state index contributed by atoms with van der Waals surface area (Å²) in [6.45, 7) is 4.28. The maximum Gasteiger partial charge on any atom is 0.513 e. The van der Waals surface area contributed by atoms with Crippen molar-refractivity contribution in [2.75, 3.05) is 6.61 Å². The summed E-state index contributed by atoms with van der Waals surface area (Å²) in [4.78, 5) is 10.7. The smallest absolute Gasteiger partial charge is 0.434 e. The van der Waals surface area contributed by atoms with Gasteiger partial charge in [0.05, 0.1) is 12.9 Å². The molecule has 0 bridgehead atoms. The number of ether oxygens (including phenoxy) is 2. The monoisotopic (exact) mass is 200 g/mol. The van der Waals surface area contributed by atoms with E-state index in [1.165, 1.54) is 25.5 Å². The first-order valence-electron chi connectivity index (χ1n) is 5.29. The van der Waals surface area contributed by atoms with Gasteiger partial charge in [-0.15, -0.1) is 0 Å². The average molecular weight is 200 g/mol. The maximum absolute atomic E-state index is 10.7. The van der Waals surface area contributed by atoms with Crippen LogP contribution in [-0.4, -0.2) is 12.8 Å². The van der Waals surface area contributed by atoms with Gasteiger partial charge in [0.2, 0.25) is 0 Å². The Balaban J connectivity index is 3.22. The third-order valence-corrected chi connectivity index (χ3v) is 1.75. The van der Waals surface area contributed by atoms with Crippen LogP contribution in [0.5, 0.6) is 0 Å². The Labute approximate surface area is 86.1 Å². The molecule has 0 radical (unpaired) electrons. The van der Waals surface area contributed by atoms with E-state index < -0.39 is 6.16 Å². The summed E-state index contributed by atoms with van der Waals surface area (Å²) in [6, 6.07) is 0. The first-order valence-corrected chi connectivity index (χ1v) is 5.29. The van der Waals surface area contributed by atoms with Crippen LogP contribution in [0, 0.1) is 0 Å². The van der Waals surface area contributed by atoms with Gasteiger partial charge in [-0.05, 0) is 25.8 Å². The first kappa shape index (κ1) is 13.0. The molecule has 0 aromatic carbocycles. The molecule has 0 atom stereocenters. The second kappa shape index (κ2) is 10.1. The van der Waals surface area contributed by atoms with Gasteiger partial charge in [0.25, 0.3) is 0 Å². The quantitative estimate of drug-likeness (QED) is 0.357. The van der Waals surface area contributed by atoms with Crippen molar-refractivity contribution in [1.82, 2.24) is 0 Å². The zero-order valence-corrected chi connectivity index (χ0v) is 9.12. The highest BCUT2D eigenvalue weighted by molar-refractivity contribution is 5.60. The molecule has 82 valence electrons. The molecule has 0 spiro atoms. The van der Waals surface area contributed by atoms with E-state index in [1.54, 1.807) is 6.92 Å². The molecule has 0 aliphatic heterocycles. The lowest BCUT2D eigenvalue weighted by atomic mass is 10.2. The van der Waals surface area contributed by atoms with Crippen LogP contribution in [0.4, 0.5) is 4.79 Å². The molecule has 0 N–H and O–H groups in total. The molecule has 0 aromatic rings. The van der Waals surface area contributed by atoms with Gasteiger partial charge in [-0.2, -0.15) is 0 Å². The van der Waals surface area contributed by atoms with Crippen molar-refractivity contribution in [1.29, 1.82) is 0 Å². The van der Waals surface area contributed by atoms with Gasteiger partial charge in [0.15, 0.2) is 0 Å². The second-order valence-electron chi connectivity index (χ2n) is 3.02. The lowest BCUT2D eigenvalue weighted by Gasteiger charge is -1.98.